The predicted molar refractivity (Wildman–Crippen MR) is 120 cm³/mol. The molecule has 3 aromatic carbocycles. The maximum absolute atomic E-state index is 12.6. The first-order chi connectivity index (χ1) is 14.2. The van der Waals surface area contributed by atoms with E-state index in [0.717, 1.165) is 16.7 Å². The van der Waals surface area contributed by atoms with Gasteiger partial charge in [-0.15, -0.1) is 0 Å². The minimum Gasteiger partial charge on any atom is -0.346 e. The third-order valence-electron chi connectivity index (χ3n) is 4.73. The Labute approximate surface area is 182 Å². The van der Waals surface area contributed by atoms with E-state index in [9.17, 15) is 13.2 Å². The van der Waals surface area contributed by atoms with Gasteiger partial charge < -0.3 is 5.32 Å². The average Bonchev–Trinajstić information content (AvgIpc) is 2.70. The van der Waals surface area contributed by atoms with Crippen molar-refractivity contribution >= 4 is 33.2 Å². The fraction of sp³-hybridized carbons (Fsp3) is 0.174. The van der Waals surface area contributed by atoms with E-state index >= 15 is 0 Å². The summed E-state index contributed by atoms with van der Waals surface area (Å²) in [6.45, 7) is 5.78. The number of hydrogen-bond donors (Lipinski definition) is 2. The van der Waals surface area contributed by atoms with Gasteiger partial charge in [-0.2, -0.15) is 0 Å². The Morgan fingerprint density at radius 2 is 1.47 bits per heavy atom. The highest BCUT2D eigenvalue weighted by molar-refractivity contribution is 7.92. The Morgan fingerprint density at radius 3 is 2.03 bits per heavy atom. The van der Waals surface area contributed by atoms with Gasteiger partial charge >= 0.3 is 0 Å². The van der Waals surface area contributed by atoms with Gasteiger partial charge in [0.15, 0.2) is 0 Å². The zero-order chi connectivity index (χ0) is 21.9. The van der Waals surface area contributed by atoms with Crippen molar-refractivity contribution in [3.63, 3.8) is 0 Å². The van der Waals surface area contributed by atoms with Crippen LogP contribution in [0.25, 0.3) is 0 Å². The molecule has 0 heterocycles. The topological polar surface area (TPSA) is 75.3 Å². The molecule has 0 unspecified atom stereocenters. The summed E-state index contributed by atoms with van der Waals surface area (Å²) in [5, 5.41) is 3.06. The quantitative estimate of drug-likeness (QED) is 0.547. The monoisotopic (exact) mass is 442 g/mol. The zero-order valence-electron chi connectivity index (χ0n) is 16.9. The fourth-order valence-corrected chi connectivity index (χ4v) is 4.24. The van der Waals surface area contributed by atoms with Crippen molar-refractivity contribution in [2.75, 3.05) is 4.72 Å². The maximum atomic E-state index is 12.6. The van der Waals surface area contributed by atoms with Crippen LogP contribution in [0.4, 0.5) is 5.69 Å². The number of nitrogens with one attached hydrogen (secondary N) is 2. The molecule has 0 bridgehead atoms. The highest BCUT2D eigenvalue weighted by Gasteiger charge is 2.17. The van der Waals surface area contributed by atoms with E-state index < -0.39 is 10.0 Å². The molecule has 3 rings (SSSR count). The maximum Gasteiger partial charge on any atom is 0.261 e. The van der Waals surface area contributed by atoms with Crippen molar-refractivity contribution in [3.8, 4) is 0 Å². The average molecular weight is 443 g/mol. The first-order valence-corrected chi connectivity index (χ1v) is 11.3. The van der Waals surface area contributed by atoms with E-state index in [1.807, 2.05) is 45.0 Å². The molecule has 3 aromatic rings. The van der Waals surface area contributed by atoms with Crippen LogP contribution >= 0.6 is 11.6 Å². The number of anilines is 1. The Balaban J connectivity index is 1.73. The van der Waals surface area contributed by atoms with Crippen LogP contribution in [0, 0.1) is 13.8 Å². The number of hydrogen-bond acceptors (Lipinski definition) is 3. The molecule has 0 aliphatic carbocycles. The molecule has 0 fully saturated rings. The van der Waals surface area contributed by atoms with Crippen LogP contribution in [-0.4, -0.2) is 14.3 Å². The molecule has 0 saturated carbocycles. The number of carbonyl (C=O) groups excluding carboxylic acids is 1. The van der Waals surface area contributed by atoms with Crippen molar-refractivity contribution in [1.29, 1.82) is 0 Å². The van der Waals surface area contributed by atoms with Gasteiger partial charge in [-0.3, -0.25) is 9.52 Å². The molecule has 0 spiro atoms. The van der Waals surface area contributed by atoms with Crippen molar-refractivity contribution in [2.24, 2.45) is 0 Å². The molecule has 0 aliphatic heterocycles. The van der Waals surface area contributed by atoms with Crippen molar-refractivity contribution < 1.29 is 13.2 Å². The summed E-state index contributed by atoms with van der Waals surface area (Å²) in [5.74, 6) is -0.294. The third-order valence-corrected chi connectivity index (χ3v) is 6.43. The predicted octanol–water partition coefficient (Wildman–Crippen LogP) is 5.25. The number of amides is 1. The minimum absolute atomic E-state index is 0.137. The van der Waals surface area contributed by atoms with Crippen LogP contribution in [0.15, 0.2) is 71.6 Å². The smallest absolute Gasteiger partial charge is 0.261 e. The first kappa shape index (κ1) is 21.9. The number of rotatable bonds is 6. The molecule has 156 valence electrons. The van der Waals surface area contributed by atoms with Gasteiger partial charge in [0.25, 0.3) is 15.9 Å². The Morgan fingerprint density at radius 1 is 0.900 bits per heavy atom. The van der Waals surface area contributed by atoms with Crippen LogP contribution < -0.4 is 10.0 Å². The molecule has 7 heteroatoms. The number of carbonyl (C=O) groups is 1. The molecule has 0 aliphatic rings. The van der Waals surface area contributed by atoms with E-state index in [1.165, 1.54) is 30.3 Å². The van der Waals surface area contributed by atoms with Crippen LogP contribution in [0.1, 0.15) is 40.0 Å². The van der Waals surface area contributed by atoms with E-state index in [2.05, 4.69) is 10.0 Å². The summed E-state index contributed by atoms with van der Waals surface area (Å²) in [4.78, 5) is 12.7. The highest BCUT2D eigenvalue weighted by atomic mass is 35.5. The lowest BCUT2D eigenvalue weighted by Crippen LogP contribution is -2.26. The molecule has 0 radical (unpaired) electrons. The Bertz CT molecular complexity index is 1160. The zero-order valence-corrected chi connectivity index (χ0v) is 18.5. The molecule has 1 atom stereocenters. The summed E-state index contributed by atoms with van der Waals surface area (Å²) in [5.41, 5.74) is 3.65. The lowest BCUT2D eigenvalue weighted by Gasteiger charge is -2.15. The molecule has 30 heavy (non-hydrogen) atoms. The summed E-state index contributed by atoms with van der Waals surface area (Å²) in [6, 6.07) is 18.7. The van der Waals surface area contributed by atoms with Gasteiger partial charge in [-0.05, 0) is 56.7 Å². The molecular formula is C23H23ClN2O3S. The second kappa shape index (κ2) is 8.90. The lowest BCUT2D eigenvalue weighted by molar-refractivity contribution is 0.0940. The SMILES string of the molecule is Cc1ccc([C@@H](C)NC(=O)c2ccc(NS(=O)(=O)c3ccc(C)cc3)c(Cl)c2)cc1. The van der Waals surface area contributed by atoms with Crippen LogP contribution in [-0.2, 0) is 10.0 Å². The molecule has 0 aromatic heterocycles. The van der Waals surface area contributed by atoms with Crippen LogP contribution in [0.2, 0.25) is 5.02 Å². The third kappa shape index (κ3) is 5.20. The van der Waals surface area contributed by atoms with Gasteiger partial charge in [0.05, 0.1) is 21.6 Å². The number of halogens is 1. The largest absolute Gasteiger partial charge is 0.346 e. The number of benzene rings is 3. The minimum atomic E-state index is -3.78. The molecule has 5 nitrogen and oxygen atoms in total. The van der Waals surface area contributed by atoms with E-state index in [0.29, 0.717) is 5.56 Å². The summed E-state index contributed by atoms with van der Waals surface area (Å²) < 4.78 is 27.6. The van der Waals surface area contributed by atoms with Gasteiger partial charge in [0.1, 0.15) is 0 Å². The van der Waals surface area contributed by atoms with Gasteiger partial charge in [0, 0.05) is 5.56 Å². The normalized spacial score (nSPS) is 12.3. The molecule has 1 amide bonds. The Hall–Kier alpha value is -2.83. The second-order valence-corrected chi connectivity index (χ2v) is 9.31. The molecular weight excluding hydrogens is 420 g/mol. The van der Waals surface area contributed by atoms with E-state index in [-0.39, 0.29) is 27.6 Å². The molecule has 0 saturated heterocycles. The summed E-state index contributed by atoms with van der Waals surface area (Å²) in [6.07, 6.45) is 0. The fourth-order valence-electron chi connectivity index (χ4n) is 2.88. The molecule has 2 N–H and O–H groups in total. The lowest BCUT2D eigenvalue weighted by atomic mass is 10.1. The van der Waals surface area contributed by atoms with Crippen LogP contribution in [0.3, 0.4) is 0 Å². The first-order valence-electron chi connectivity index (χ1n) is 9.42. The van der Waals surface area contributed by atoms with E-state index in [4.69, 9.17) is 11.6 Å². The van der Waals surface area contributed by atoms with Crippen LogP contribution in [0.5, 0.6) is 0 Å². The van der Waals surface area contributed by atoms with Gasteiger partial charge in [-0.25, -0.2) is 8.42 Å². The van der Waals surface area contributed by atoms with Crippen molar-refractivity contribution in [3.05, 3.63) is 94.0 Å². The Kier molecular flexibility index (Phi) is 6.48. The summed E-state index contributed by atoms with van der Waals surface area (Å²) >= 11 is 6.26. The number of aryl methyl sites for hydroxylation is 2. The number of sulfonamides is 1. The van der Waals surface area contributed by atoms with Gasteiger partial charge in [-0.1, -0.05) is 59.1 Å². The van der Waals surface area contributed by atoms with Crippen molar-refractivity contribution in [2.45, 2.75) is 31.7 Å². The second-order valence-electron chi connectivity index (χ2n) is 7.22. The standard InChI is InChI=1S/C23H23ClN2O3S/c1-15-4-8-18(9-5-15)17(3)25-23(27)19-10-13-22(21(24)14-19)26-30(28,29)20-11-6-16(2)7-12-20/h4-14,17,26H,1-3H3,(H,25,27)/t17-/m1/s1. The van der Waals surface area contributed by atoms with E-state index in [1.54, 1.807) is 12.1 Å². The highest BCUT2D eigenvalue weighted by Crippen LogP contribution is 2.26. The summed E-state index contributed by atoms with van der Waals surface area (Å²) in [7, 11) is -3.78. The van der Waals surface area contributed by atoms with Crippen molar-refractivity contribution in [1.82, 2.24) is 5.32 Å². The van der Waals surface area contributed by atoms with Gasteiger partial charge in [0.2, 0.25) is 0 Å².